The highest BCUT2D eigenvalue weighted by Crippen LogP contribution is 2.30. The number of fused-ring (bicyclic) bond motifs is 1. The molecule has 4 nitrogen and oxygen atoms in total. The molecule has 23 heavy (non-hydrogen) atoms. The summed E-state index contributed by atoms with van der Waals surface area (Å²) in [7, 11) is 0. The summed E-state index contributed by atoms with van der Waals surface area (Å²) in [6, 6.07) is 17.6. The van der Waals surface area contributed by atoms with Crippen molar-refractivity contribution in [3.05, 3.63) is 71.4 Å². The Hall–Kier alpha value is -2.59. The summed E-state index contributed by atoms with van der Waals surface area (Å²) in [5.74, 6) is -0.0463. The van der Waals surface area contributed by atoms with E-state index in [1.165, 1.54) is 6.92 Å². The molecule has 0 radical (unpaired) electrons. The van der Waals surface area contributed by atoms with E-state index in [1.54, 1.807) is 0 Å². The van der Waals surface area contributed by atoms with E-state index in [9.17, 15) is 9.90 Å². The van der Waals surface area contributed by atoms with Gasteiger partial charge in [-0.05, 0) is 23.6 Å². The summed E-state index contributed by atoms with van der Waals surface area (Å²) in [6.07, 6.45) is -0.0426. The molecule has 1 unspecified atom stereocenters. The van der Waals surface area contributed by atoms with Gasteiger partial charge in [0.05, 0.1) is 5.69 Å². The SMILES string of the molecule is CC(=O)NCCc1c(C(O)c2ccccc2)[nH]c2ccccc12. The lowest BCUT2D eigenvalue weighted by molar-refractivity contribution is -0.118. The number of aromatic nitrogens is 1. The number of hydrogen-bond donors (Lipinski definition) is 3. The molecule has 4 heteroatoms. The highest BCUT2D eigenvalue weighted by molar-refractivity contribution is 5.85. The lowest BCUT2D eigenvalue weighted by Crippen LogP contribution is -2.22. The highest BCUT2D eigenvalue weighted by atomic mass is 16.3. The van der Waals surface area contributed by atoms with Gasteiger partial charge in [-0.25, -0.2) is 0 Å². The van der Waals surface area contributed by atoms with Gasteiger partial charge in [0.15, 0.2) is 0 Å². The van der Waals surface area contributed by atoms with E-state index in [1.807, 2.05) is 54.6 Å². The van der Waals surface area contributed by atoms with E-state index in [0.29, 0.717) is 13.0 Å². The van der Waals surface area contributed by atoms with E-state index >= 15 is 0 Å². The van der Waals surface area contributed by atoms with Crippen molar-refractivity contribution in [1.29, 1.82) is 0 Å². The summed E-state index contributed by atoms with van der Waals surface area (Å²) >= 11 is 0. The number of aromatic amines is 1. The number of hydrogen-bond acceptors (Lipinski definition) is 2. The van der Waals surface area contributed by atoms with E-state index in [-0.39, 0.29) is 5.91 Å². The predicted octanol–water partition coefficient (Wildman–Crippen LogP) is 2.93. The normalized spacial score (nSPS) is 12.3. The Morgan fingerprint density at radius 1 is 1.13 bits per heavy atom. The Balaban J connectivity index is 1.99. The van der Waals surface area contributed by atoms with Crippen LogP contribution in [0.5, 0.6) is 0 Å². The van der Waals surface area contributed by atoms with Crippen molar-refractivity contribution in [2.45, 2.75) is 19.4 Å². The number of nitrogens with one attached hydrogen (secondary N) is 2. The summed E-state index contributed by atoms with van der Waals surface area (Å²) in [6.45, 7) is 2.06. The van der Waals surface area contributed by atoms with E-state index in [4.69, 9.17) is 0 Å². The smallest absolute Gasteiger partial charge is 0.216 e. The van der Waals surface area contributed by atoms with Crippen LogP contribution in [0.3, 0.4) is 0 Å². The molecule has 0 aliphatic rings. The average molecular weight is 308 g/mol. The molecule has 0 saturated carbocycles. The van der Waals surface area contributed by atoms with Crippen molar-refractivity contribution in [2.24, 2.45) is 0 Å². The molecule has 0 spiro atoms. The summed E-state index contributed by atoms with van der Waals surface area (Å²) in [5, 5.41) is 14.7. The Bertz CT molecular complexity index is 809. The van der Waals surface area contributed by atoms with Gasteiger partial charge in [-0.2, -0.15) is 0 Å². The fourth-order valence-corrected chi connectivity index (χ4v) is 2.89. The topological polar surface area (TPSA) is 65.1 Å². The number of rotatable bonds is 5. The molecular formula is C19H20N2O2. The lowest BCUT2D eigenvalue weighted by Gasteiger charge is -2.13. The number of H-pyrrole nitrogens is 1. The van der Waals surface area contributed by atoms with Gasteiger partial charge in [-0.1, -0.05) is 48.5 Å². The number of aliphatic hydroxyl groups excluding tert-OH is 1. The fraction of sp³-hybridized carbons (Fsp3) is 0.211. The minimum Gasteiger partial charge on any atom is -0.382 e. The predicted molar refractivity (Wildman–Crippen MR) is 91.2 cm³/mol. The number of amides is 1. The summed E-state index contributed by atoms with van der Waals surface area (Å²) < 4.78 is 0. The van der Waals surface area contributed by atoms with Crippen LogP contribution in [0.4, 0.5) is 0 Å². The molecule has 3 N–H and O–H groups in total. The first-order valence-corrected chi connectivity index (χ1v) is 7.73. The quantitative estimate of drug-likeness (QED) is 0.678. The van der Waals surface area contributed by atoms with Gasteiger partial charge in [0.2, 0.25) is 5.91 Å². The van der Waals surface area contributed by atoms with Crippen molar-refractivity contribution >= 4 is 16.8 Å². The monoisotopic (exact) mass is 308 g/mol. The molecule has 0 fully saturated rings. The van der Waals surface area contributed by atoms with Crippen molar-refractivity contribution < 1.29 is 9.90 Å². The van der Waals surface area contributed by atoms with Crippen LogP contribution in [0.2, 0.25) is 0 Å². The van der Waals surface area contributed by atoms with E-state index in [0.717, 1.165) is 27.7 Å². The van der Waals surface area contributed by atoms with Gasteiger partial charge in [-0.3, -0.25) is 4.79 Å². The number of benzene rings is 2. The Kier molecular flexibility index (Phi) is 4.44. The lowest BCUT2D eigenvalue weighted by atomic mass is 10.00. The van der Waals surface area contributed by atoms with Gasteiger partial charge in [0, 0.05) is 24.4 Å². The molecule has 0 bridgehead atoms. The zero-order valence-corrected chi connectivity index (χ0v) is 13.0. The standard InChI is InChI=1S/C19H20N2O2/c1-13(22)20-12-11-16-15-9-5-6-10-17(15)21-18(16)19(23)14-7-3-2-4-8-14/h2-10,19,21,23H,11-12H2,1H3,(H,20,22). The molecule has 0 aliphatic heterocycles. The Labute approximate surface area is 135 Å². The minimum atomic E-state index is -0.712. The number of carbonyl (C=O) groups excluding carboxylic acids is 1. The first kappa shape index (κ1) is 15.3. The van der Waals surface area contributed by atoms with Crippen LogP contribution >= 0.6 is 0 Å². The van der Waals surface area contributed by atoms with Crippen molar-refractivity contribution in [3.63, 3.8) is 0 Å². The first-order chi connectivity index (χ1) is 11.2. The molecule has 1 aromatic heterocycles. The molecule has 1 atom stereocenters. The fourth-order valence-electron chi connectivity index (χ4n) is 2.89. The Morgan fingerprint density at radius 3 is 2.57 bits per heavy atom. The molecule has 0 aliphatic carbocycles. The maximum atomic E-state index is 11.1. The molecule has 118 valence electrons. The molecule has 3 rings (SSSR count). The molecule has 0 saturated heterocycles. The minimum absolute atomic E-state index is 0.0463. The Morgan fingerprint density at radius 2 is 1.83 bits per heavy atom. The second-order valence-corrected chi connectivity index (χ2v) is 5.61. The largest absolute Gasteiger partial charge is 0.382 e. The van der Waals surface area contributed by atoms with E-state index < -0.39 is 6.10 Å². The van der Waals surface area contributed by atoms with Crippen molar-refractivity contribution in [2.75, 3.05) is 6.54 Å². The average Bonchev–Trinajstić information content (AvgIpc) is 2.93. The third-order valence-electron chi connectivity index (χ3n) is 3.98. The van der Waals surface area contributed by atoms with Crippen LogP contribution in [-0.2, 0) is 11.2 Å². The van der Waals surface area contributed by atoms with E-state index in [2.05, 4.69) is 10.3 Å². The summed E-state index contributed by atoms with van der Waals surface area (Å²) in [5.41, 5.74) is 3.68. The zero-order valence-electron chi connectivity index (χ0n) is 13.0. The van der Waals surface area contributed by atoms with Crippen LogP contribution in [0.1, 0.15) is 29.8 Å². The van der Waals surface area contributed by atoms with Crippen molar-refractivity contribution in [3.8, 4) is 0 Å². The van der Waals surface area contributed by atoms with Gasteiger partial charge < -0.3 is 15.4 Å². The third kappa shape index (κ3) is 3.27. The zero-order chi connectivity index (χ0) is 16.2. The van der Waals surface area contributed by atoms with Crippen LogP contribution in [0, 0.1) is 0 Å². The number of para-hydroxylation sites is 1. The summed E-state index contributed by atoms with van der Waals surface area (Å²) in [4.78, 5) is 14.4. The highest BCUT2D eigenvalue weighted by Gasteiger charge is 2.19. The first-order valence-electron chi connectivity index (χ1n) is 7.73. The van der Waals surface area contributed by atoms with Crippen LogP contribution in [0.15, 0.2) is 54.6 Å². The number of aliphatic hydroxyl groups is 1. The third-order valence-corrected chi connectivity index (χ3v) is 3.98. The van der Waals surface area contributed by atoms with Gasteiger partial charge >= 0.3 is 0 Å². The second-order valence-electron chi connectivity index (χ2n) is 5.61. The van der Waals surface area contributed by atoms with Crippen LogP contribution < -0.4 is 5.32 Å². The molecule has 3 aromatic rings. The van der Waals surface area contributed by atoms with Crippen molar-refractivity contribution in [1.82, 2.24) is 10.3 Å². The number of carbonyl (C=O) groups is 1. The molecular weight excluding hydrogens is 288 g/mol. The van der Waals surface area contributed by atoms with Gasteiger partial charge in [0.25, 0.3) is 0 Å². The van der Waals surface area contributed by atoms with Crippen LogP contribution in [0.25, 0.3) is 10.9 Å². The molecule has 1 heterocycles. The maximum absolute atomic E-state index is 11.1. The molecule has 2 aromatic carbocycles. The molecule has 1 amide bonds. The second kappa shape index (κ2) is 6.67. The van der Waals surface area contributed by atoms with Gasteiger partial charge in [0.1, 0.15) is 6.10 Å². The maximum Gasteiger partial charge on any atom is 0.216 e. The van der Waals surface area contributed by atoms with Crippen LogP contribution in [-0.4, -0.2) is 22.5 Å². The van der Waals surface area contributed by atoms with Gasteiger partial charge in [-0.15, -0.1) is 0 Å².